The second kappa shape index (κ2) is 7.89. The van der Waals surface area contributed by atoms with E-state index in [0.717, 1.165) is 0 Å². The molecule has 146 valence electrons. The molecule has 9 nitrogen and oxygen atoms in total. The van der Waals surface area contributed by atoms with Gasteiger partial charge in [0.05, 0.1) is 19.9 Å². The van der Waals surface area contributed by atoms with E-state index in [1.54, 1.807) is 11.0 Å². The van der Waals surface area contributed by atoms with Crippen LogP contribution in [0, 0.1) is 21.4 Å². The van der Waals surface area contributed by atoms with Crippen LogP contribution in [0.3, 0.4) is 0 Å². The number of nitro groups is 1. The topological polar surface area (TPSA) is 120 Å². The van der Waals surface area contributed by atoms with Crippen molar-refractivity contribution < 1.29 is 13.3 Å². The van der Waals surface area contributed by atoms with Crippen LogP contribution in [0.25, 0.3) is 0 Å². The molecule has 1 aromatic heterocycles. The Morgan fingerprint density at radius 3 is 2.36 bits per heavy atom. The van der Waals surface area contributed by atoms with Crippen molar-refractivity contribution in [1.82, 2.24) is 9.29 Å². The van der Waals surface area contributed by atoms with Crippen LogP contribution in [0.5, 0.6) is 0 Å². The molecule has 1 aliphatic rings. The third kappa shape index (κ3) is 3.88. The Balaban J connectivity index is 1.76. The van der Waals surface area contributed by atoms with Gasteiger partial charge in [-0.15, -0.1) is 0 Å². The van der Waals surface area contributed by atoms with Crippen LogP contribution < -0.4 is 4.90 Å². The number of sulfonamides is 1. The van der Waals surface area contributed by atoms with Crippen molar-refractivity contribution in [1.29, 1.82) is 5.26 Å². The number of benzene rings is 1. The maximum atomic E-state index is 12.8. The highest BCUT2D eigenvalue weighted by Gasteiger charge is 2.30. The molecule has 0 amide bonds. The fraction of sp³-hybridized carbons (Fsp3) is 0.250. The summed E-state index contributed by atoms with van der Waals surface area (Å²) in [5, 5.41) is 20.4. The molecule has 0 bridgehead atoms. The van der Waals surface area contributed by atoms with Gasteiger partial charge in [0.1, 0.15) is 11.9 Å². The predicted octanol–water partition coefficient (Wildman–Crippen LogP) is 2.68. The summed E-state index contributed by atoms with van der Waals surface area (Å²) in [7, 11) is -3.74. The first-order chi connectivity index (χ1) is 13.2. The van der Waals surface area contributed by atoms with Gasteiger partial charge in [0, 0.05) is 32.2 Å². The molecule has 1 fully saturated rings. The predicted molar refractivity (Wildman–Crippen MR) is 103 cm³/mol. The third-order valence-corrected chi connectivity index (χ3v) is 6.89. The van der Waals surface area contributed by atoms with E-state index in [4.69, 9.17) is 28.5 Å². The molecule has 0 spiro atoms. The van der Waals surface area contributed by atoms with Crippen molar-refractivity contribution in [3.63, 3.8) is 0 Å². The van der Waals surface area contributed by atoms with Crippen LogP contribution in [-0.2, 0) is 10.0 Å². The van der Waals surface area contributed by atoms with E-state index in [0.29, 0.717) is 18.9 Å². The Kier molecular flexibility index (Phi) is 5.71. The summed E-state index contributed by atoms with van der Waals surface area (Å²) >= 11 is 11.8. The minimum atomic E-state index is -3.74. The molecule has 0 saturated carbocycles. The summed E-state index contributed by atoms with van der Waals surface area (Å²) in [5.41, 5.74) is -0.652. The Morgan fingerprint density at radius 1 is 1.11 bits per heavy atom. The second-order valence-corrected chi connectivity index (χ2v) is 8.63. The normalized spacial score (nSPS) is 15.2. The number of pyridine rings is 1. The van der Waals surface area contributed by atoms with E-state index in [9.17, 15) is 18.5 Å². The lowest BCUT2D eigenvalue weighted by molar-refractivity contribution is -0.385. The van der Waals surface area contributed by atoms with Gasteiger partial charge in [0.25, 0.3) is 0 Å². The van der Waals surface area contributed by atoms with Gasteiger partial charge in [-0.1, -0.05) is 23.2 Å². The molecule has 1 saturated heterocycles. The van der Waals surface area contributed by atoms with Crippen LogP contribution >= 0.6 is 23.2 Å². The largest absolute Gasteiger partial charge is 0.354 e. The first-order valence-electron chi connectivity index (χ1n) is 7.99. The molecular weight excluding hydrogens is 429 g/mol. The van der Waals surface area contributed by atoms with Gasteiger partial charge in [0.15, 0.2) is 0 Å². The molecule has 0 atom stereocenters. The molecule has 1 aliphatic heterocycles. The van der Waals surface area contributed by atoms with Gasteiger partial charge in [-0.2, -0.15) is 9.57 Å². The maximum absolute atomic E-state index is 12.8. The molecule has 0 radical (unpaired) electrons. The van der Waals surface area contributed by atoms with Crippen LogP contribution in [0.4, 0.5) is 11.5 Å². The molecule has 28 heavy (non-hydrogen) atoms. The van der Waals surface area contributed by atoms with E-state index in [1.165, 1.54) is 34.6 Å². The van der Waals surface area contributed by atoms with Gasteiger partial charge >= 0.3 is 5.69 Å². The Labute approximate surface area is 170 Å². The summed E-state index contributed by atoms with van der Waals surface area (Å²) in [6, 6.07) is 8.51. The number of rotatable bonds is 4. The monoisotopic (exact) mass is 441 g/mol. The zero-order valence-corrected chi connectivity index (χ0v) is 16.6. The number of hydrogen-bond donors (Lipinski definition) is 0. The fourth-order valence-corrected chi connectivity index (χ4v) is 4.60. The summed E-state index contributed by atoms with van der Waals surface area (Å²) in [4.78, 5) is 16.1. The highest BCUT2D eigenvalue weighted by Crippen LogP contribution is 2.28. The zero-order valence-electron chi connectivity index (χ0n) is 14.2. The van der Waals surface area contributed by atoms with Crippen molar-refractivity contribution in [2.24, 2.45) is 0 Å². The summed E-state index contributed by atoms with van der Waals surface area (Å²) in [5.74, 6) is 0.383. The number of aromatic nitrogens is 1. The van der Waals surface area contributed by atoms with E-state index in [-0.39, 0.29) is 39.4 Å². The highest BCUT2D eigenvalue weighted by molar-refractivity contribution is 7.89. The minimum absolute atomic E-state index is 0.0515. The Morgan fingerprint density at radius 2 is 1.79 bits per heavy atom. The van der Waals surface area contributed by atoms with Crippen molar-refractivity contribution in [3.05, 3.63) is 56.2 Å². The number of piperazine rings is 1. The SMILES string of the molecule is N#Cc1nc(N2CCN(S(=O)(=O)c3ccc(Cl)c(Cl)c3)CC2)ccc1[N+](=O)[O-]. The maximum Gasteiger partial charge on any atom is 0.305 e. The van der Waals surface area contributed by atoms with Gasteiger partial charge < -0.3 is 4.90 Å². The molecule has 0 unspecified atom stereocenters. The first kappa shape index (κ1) is 20.3. The molecular formula is C16H13Cl2N5O4S. The van der Waals surface area contributed by atoms with Gasteiger partial charge in [-0.05, 0) is 24.3 Å². The lowest BCUT2D eigenvalue weighted by Gasteiger charge is -2.34. The lowest BCUT2D eigenvalue weighted by Crippen LogP contribution is -2.49. The zero-order chi connectivity index (χ0) is 20.5. The fourth-order valence-electron chi connectivity index (χ4n) is 2.79. The Hall–Kier alpha value is -2.45. The van der Waals surface area contributed by atoms with Crippen LogP contribution in [-0.4, -0.2) is 48.8 Å². The summed E-state index contributed by atoms with van der Waals surface area (Å²) in [6.45, 7) is 0.999. The van der Waals surface area contributed by atoms with E-state index in [1.807, 2.05) is 0 Å². The number of nitriles is 1. The molecule has 0 N–H and O–H groups in total. The molecule has 1 aromatic carbocycles. The van der Waals surface area contributed by atoms with Crippen molar-refractivity contribution in [2.75, 3.05) is 31.1 Å². The van der Waals surface area contributed by atoms with Gasteiger partial charge in [-0.25, -0.2) is 13.4 Å². The lowest BCUT2D eigenvalue weighted by atomic mass is 10.3. The molecule has 12 heteroatoms. The summed E-state index contributed by atoms with van der Waals surface area (Å²) in [6.07, 6.45) is 0. The minimum Gasteiger partial charge on any atom is -0.354 e. The van der Waals surface area contributed by atoms with E-state index < -0.39 is 14.9 Å². The molecule has 3 rings (SSSR count). The standard InChI is InChI=1S/C16H13Cl2N5O4S/c17-12-2-1-11(9-13(12)18)28(26,27)22-7-5-21(6-8-22)16-4-3-15(23(24)25)14(10-19)20-16/h1-4,9H,5-8H2. The van der Waals surface area contributed by atoms with E-state index in [2.05, 4.69) is 4.98 Å². The third-order valence-electron chi connectivity index (χ3n) is 4.25. The van der Waals surface area contributed by atoms with Gasteiger partial charge in [0.2, 0.25) is 15.7 Å². The number of anilines is 1. The molecule has 0 aliphatic carbocycles. The van der Waals surface area contributed by atoms with Crippen molar-refractivity contribution in [3.8, 4) is 6.07 Å². The molecule has 2 aromatic rings. The number of halogens is 2. The number of hydrogen-bond acceptors (Lipinski definition) is 7. The number of nitrogens with zero attached hydrogens (tertiary/aromatic N) is 5. The average molecular weight is 442 g/mol. The van der Waals surface area contributed by atoms with Crippen LogP contribution in [0.2, 0.25) is 10.0 Å². The van der Waals surface area contributed by atoms with Crippen LogP contribution in [0.1, 0.15) is 5.69 Å². The van der Waals surface area contributed by atoms with E-state index >= 15 is 0 Å². The van der Waals surface area contributed by atoms with Gasteiger partial charge in [-0.3, -0.25) is 10.1 Å². The molecule has 2 heterocycles. The van der Waals surface area contributed by atoms with Crippen molar-refractivity contribution in [2.45, 2.75) is 4.90 Å². The summed E-state index contributed by atoms with van der Waals surface area (Å²) < 4.78 is 26.9. The van der Waals surface area contributed by atoms with Crippen molar-refractivity contribution >= 4 is 44.7 Å². The first-order valence-corrected chi connectivity index (χ1v) is 10.2. The van der Waals surface area contributed by atoms with Crippen LogP contribution in [0.15, 0.2) is 35.2 Å². The second-order valence-electron chi connectivity index (χ2n) is 5.87. The smallest absolute Gasteiger partial charge is 0.305 e. The highest BCUT2D eigenvalue weighted by atomic mass is 35.5. The quantitative estimate of drug-likeness (QED) is 0.527. The average Bonchev–Trinajstić information content (AvgIpc) is 2.69. The Bertz CT molecular complexity index is 1080.